The summed E-state index contributed by atoms with van der Waals surface area (Å²) in [6, 6.07) is 10.9. The summed E-state index contributed by atoms with van der Waals surface area (Å²) in [4.78, 5) is 0. The van der Waals surface area contributed by atoms with Crippen molar-refractivity contribution in [1.29, 1.82) is 0 Å². The predicted molar refractivity (Wildman–Crippen MR) is 73.8 cm³/mol. The van der Waals surface area contributed by atoms with E-state index in [1.165, 1.54) is 11.6 Å². The molecule has 19 heavy (non-hydrogen) atoms. The normalized spacial score (nSPS) is 12.9. The first-order valence-electron chi connectivity index (χ1n) is 6.26. The fourth-order valence-electron chi connectivity index (χ4n) is 2.19. The van der Waals surface area contributed by atoms with Gasteiger partial charge in [-0.25, -0.2) is 4.39 Å². The van der Waals surface area contributed by atoms with Gasteiger partial charge in [-0.05, 0) is 35.4 Å². The minimum Gasteiger partial charge on any atom is -0.493 e. The van der Waals surface area contributed by atoms with Crippen molar-refractivity contribution in [3.8, 4) is 5.75 Å². The summed E-state index contributed by atoms with van der Waals surface area (Å²) in [6.07, 6.45) is 0.958. The summed E-state index contributed by atoms with van der Waals surface area (Å²) >= 11 is 0. The van der Waals surface area contributed by atoms with Crippen LogP contribution in [0, 0.1) is 5.82 Å². The zero-order chi connectivity index (χ0) is 13.2. The van der Waals surface area contributed by atoms with Crippen LogP contribution >= 0.6 is 0 Å². The highest BCUT2D eigenvalue weighted by atomic mass is 19.1. The van der Waals surface area contributed by atoms with Gasteiger partial charge in [-0.3, -0.25) is 0 Å². The third-order valence-corrected chi connectivity index (χ3v) is 3.25. The second kappa shape index (κ2) is 4.80. The van der Waals surface area contributed by atoms with Gasteiger partial charge in [0.05, 0.1) is 12.3 Å². The second-order valence-corrected chi connectivity index (χ2v) is 4.63. The van der Waals surface area contributed by atoms with Crippen molar-refractivity contribution in [3.63, 3.8) is 0 Å². The van der Waals surface area contributed by atoms with Crippen molar-refractivity contribution in [2.45, 2.75) is 13.0 Å². The zero-order valence-electron chi connectivity index (χ0n) is 10.4. The molecule has 1 heterocycles. The molecule has 3 rings (SSSR count). The van der Waals surface area contributed by atoms with E-state index < -0.39 is 5.82 Å². The summed E-state index contributed by atoms with van der Waals surface area (Å²) in [7, 11) is 0. The van der Waals surface area contributed by atoms with Crippen molar-refractivity contribution in [2.75, 3.05) is 17.7 Å². The first-order valence-corrected chi connectivity index (χ1v) is 6.26. The lowest BCUT2D eigenvalue weighted by Gasteiger charge is -2.08. The molecule has 2 aromatic carbocycles. The molecule has 0 unspecified atom stereocenters. The number of nitrogen functional groups attached to an aromatic ring is 1. The Morgan fingerprint density at radius 1 is 1.21 bits per heavy atom. The van der Waals surface area contributed by atoms with E-state index in [1.807, 2.05) is 12.1 Å². The summed E-state index contributed by atoms with van der Waals surface area (Å²) in [6.45, 7) is 1.41. The van der Waals surface area contributed by atoms with Gasteiger partial charge in [-0.15, -0.1) is 0 Å². The molecule has 1 aliphatic rings. The van der Waals surface area contributed by atoms with E-state index in [4.69, 9.17) is 10.5 Å². The van der Waals surface area contributed by atoms with Gasteiger partial charge in [0, 0.05) is 18.7 Å². The summed E-state index contributed by atoms with van der Waals surface area (Å²) in [5.41, 5.74) is 8.73. The van der Waals surface area contributed by atoms with Gasteiger partial charge in [-0.1, -0.05) is 12.1 Å². The minimum atomic E-state index is -0.396. The number of hydrogen-bond acceptors (Lipinski definition) is 3. The highest BCUT2D eigenvalue weighted by Gasteiger charge is 2.11. The highest BCUT2D eigenvalue weighted by molar-refractivity contribution is 5.53. The van der Waals surface area contributed by atoms with E-state index in [0.717, 1.165) is 30.0 Å². The maximum Gasteiger partial charge on any atom is 0.148 e. The standard InChI is InChI=1S/C15H15FN2O/c16-13-8-12(2-3-14(13)17)18-9-10-1-4-15-11(7-10)5-6-19-15/h1-4,7-8,18H,5-6,9,17H2. The lowest BCUT2D eigenvalue weighted by atomic mass is 10.1. The third-order valence-electron chi connectivity index (χ3n) is 3.25. The van der Waals surface area contributed by atoms with Gasteiger partial charge in [0.1, 0.15) is 11.6 Å². The van der Waals surface area contributed by atoms with Crippen molar-refractivity contribution in [1.82, 2.24) is 0 Å². The number of hydrogen-bond donors (Lipinski definition) is 2. The minimum absolute atomic E-state index is 0.167. The molecule has 1 aliphatic heterocycles. The number of fused-ring (bicyclic) bond motifs is 1. The Morgan fingerprint density at radius 3 is 2.95 bits per heavy atom. The Kier molecular flexibility index (Phi) is 2.99. The van der Waals surface area contributed by atoms with Crippen molar-refractivity contribution in [2.24, 2.45) is 0 Å². The van der Waals surface area contributed by atoms with Gasteiger partial charge >= 0.3 is 0 Å². The monoisotopic (exact) mass is 258 g/mol. The zero-order valence-corrected chi connectivity index (χ0v) is 10.4. The molecule has 3 nitrogen and oxygen atoms in total. The lowest BCUT2D eigenvalue weighted by Crippen LogP contribution is -2.01. The Hall–Kier alpha value is -2.23. The van der Waals surface area contributed by atoms with Crippen LogP contribution in [0.5, 0.6) is 5.75 Å². The average molecular weight is 258 g/mol. The largest absolute Gasteiger partial charge is 0.493 e. The van der Waals surface area contributed by atoms with Crippen LogP contribution in [-0.2, 0) is 13.0 Å². The van der Waals surface area contributed by atoms with Gasteiger partial charge in [0.15, 0.2) is 0 Å². The van der Waals surface area contributed by atoms with Crippen LogP contribution in [0.1, 0.15) is 11.1 Å². The van der Waals surface area contributed by atoms with Crippen molar-refractivity contribution >= 4 is 11.4 Å². The number of halogens is 1. The van der Waals surface area contributed by atoms with E-state index in [-0.39, 0.29) is 5.69 Å². The van der Waals surface area contributed by atoms with E-state index in [1.54, 1.807) is 12.1 Å². The van der Waals surface area contributed by atoms with Gasteiger partial charge in [0.25, 0.3) is 0 Å². The van der Waals surface area contributed by atoms with E-state index >= 15 is 0 Å². The summed E-state index contributed by atoms with van der Waals surface area (Å²) < 4.78 is 18.8. The van der Waals surface area contributed by atoms with Crippen LogP contribution in [0.25, 0.3) is 0 Å². The summed E-state index contributed by atoms with van der Waals surface area (Å²) in [5, 5.41) is 3.18. The number of rotatable bonds is 3. The Balaban J connectivity index is 1.70. The Bertz CT molecular complexity index is 613. The molecular weight excluding hydrogens is 243 g/mol. The average Bonchev–Trinajstić information content (AvgIpc) is 2.87. The van der Waals surface area contributed by atoms with Crippen LogP contribution in [0.15, 0.2) is 36.4 Å². The molecule has 0 fully saturated rings. The van der Waals surface area contributed by atoms with Crippen LogP contribution in [0.3, 0.4) is 0 Å². The Labute approximate surface area is 111 Å². The van der Waals surface area contributed by atoms with Crippen LogP contribution in [-0.4, -0.2) is 6.61 Å². The smallest absolute Gasteiger partial charge is 0.148 e. The van der Waals surface area contributed by atoms with Gasteiger partial charge in [0.2, 0.25) is 0 Å². The number of nitrogens with one attached hydrogen (secondary N) is 1. The third kappa shape index (κ3) is 2.47. The quantitative estimate of drug-likeness (QED) is 0.832. The number of ether oxygens (including phenoxy) is 1. The number of nitrogens with two attached hydrogens (primary N) is 1. The highest BCUT2D eigenvalue weighted by Crippen LogP contribution is 2.26. The molecule has 0 radical (unpaired) electrons. The van der Waals surface area contributed by atoms with E-state index in [9.17, 15) is 4.39 Å². The topological polar surface area (TPSA) is 47.3 Å². The molecule has 2 aromatic rings. The molecule has 0 amide bonds. The summed E-state index contributed by atoms with van der Waals surface area (Å²) in [5.74, 6) is 0.578. The predicted octanol–water partition coefficient (Wildman–Crippen LogP) is 2.95. The molecule has 98 valence electrons. The molecule has 0 atom stereocenters. The molecule has 4 heteroatoms. The molecule has 0 spiro atoms. The van der Waals surface area contributed by atoms with Gasteiger partial charge in [-0.2, -0.15) is 0 Å². The molecule has 3 N–H and O–H groups in total. The molecular formula is C15H15FN2O. The fraction of sp³-hybridized carbons (Fsp3) is 0.200. The van der Waals surface area contributed by atoms with Gasteiger partial charge < -0.3 is 15.8 Å². The molecule has 0 aliphatic carbocycles. The fourth-order valence-corrected chi connectivity index (χ4v) is 2.19. The lowest BCUT2D eigenvalue weighted by molar-refractivity contribution is 0.357. The maximum atomic E-state index is 13.3. The van der Waals surface area contributed by atoms with Crippen LogP contribution < -0.4 is 15.8 Å². The van der Waals surface area contributed by atoms with Crippen LogP contribution in [0.2, 0.25) is 0 Å². The second-order valence-electron chi connectivity index (χ2n) is 4.63. The SMILES string of the molecule is Nc1ccc(NCc2ccc3c(c2)CCO3)cc1F. The first kappa shape index (κ1) is 11.8. The first-order chi connectivity index (χ1) is 9.22. The molecule has 0 saturated heterocycles. The number of anilines is 2. The molecule has 0 bridgehead atoms. The van der Waals surface area contributed by atoms with Crippen molar-refractivity contribution < 1.29 is 9.13 Å². The van der Waals surface area contributed by atoms with E-state index in [2.05, 4.69) is 11.4 Å². The van der Waals surface area contributed by atoms with E-state index in [0.29, 0.717) is 6.54 Å². The van der Waals surface area contributed by atoms with Crippen LogP contribution in [0.4, 0.5) is 15.8 Å². The molecule has 0 aromatic heterocycles. The molecule has 0 saturated carbocycles. The van der Waals surface area contributed by atoms with Crippen molar-refractivity contribution in [3.05, 3.63) is 53.3 Å². The number of benzene rings is 2. The maximum absolute atomic E-state index is 13.3. The Morgan fingerprint density at radius 2 is 2.11 bits per heavy atom.